The van der Waals surface area contributed by atoms with Gasteiger partial charge in [0.25, 0.3) is 0 Å². The van der Waals surface area contributed by atoms with Crippen molar-refractivity contribution < 1.29 is 8.98 Å². The number of benzene rings is 2. The van der Waals surface area contributed by atoms with Crippen molar-refractivity contribution in [3.63, 3.8) is 0 Å². The summed E-state index contributed by atoms with van der Waals surface area (Å²) in [4.78, 5) is 9.28. The lowest BCUT2D eigenvalue weighted by Crippen LogP contribution is -2.31. The van der Waals surface area contributed by atoms with Gasteiger partial charge in [0.05, 0.1) is 18.8 Å². The number of aromatic nitrogens is 3. The number of hydrogen-bond acceptors (Lipinski definition) is 3. The Bertz CT molecular complexity index is 1270. The summed E-state index contributed by atoms with van der Waals surface area (Å²) in [5, 5.41) is 3.22. The molecular formula is C21H16N3O+. The molecule has 5 rings (SSSR count). The Morgan fingerprint density at radius 3 is 2.76 bits per heavy atom. The highest BCUT2D eigenvalue weighted by atomic mass is 16.3. The van der Waals surface area contributed by atoms with Crippen LogP contribution in [0.2, 0.25) is 0 Å². The smallest absolute Gasteiger partial charge is 0.334 e. The van der Waals surface area contributed by atoms with Crippen molar-refractivity contribution >= 4 is 33.0 Å². The van der Waals surface area contributed by atoms with E-state index in [1.807, 2.05) is 48.3 Å². The third-order valence-corrected chi connectivity index (χ3v) is 4.69. The van der Waals surface area contributed by atoms with Crippen LogP contribution in [0.25, 0.3) is 44.4 Å². The molecule has 25 heavy (non-hydrogen) atoms. The fourth-order valence-corrected chi connectivity index (χ4v) is 3.43. The van der Waals surface area contributed by atoms with Crippen LogP contribution in [0.1, 0.15) is 5.56 Å². The van der Waals surface area contributed by atoms with Gasteiger partial charge in [0.2, 0.25) is 5.71 Å². The largest absolute Gasteiger partial charge is 0.437 e. The molecule has 0 saturated heterocycles. The second-order valence-corrected chi connectivity index (χ2v) is 6.32. The van der Waals surface area contributed by atoms with E-state index in [2.05, 4.69) is 36.2 Å². The maximum atomic E-state index is 6.22. The molecule has 0 fully saturated rings. The zero-order valence-corrected chi connectivity index (χ0v) is 14.0. The predicted molar refractivity (Wildman–Crippen MR) is 98.2 cm³/mol. The standard InChI is InChI=1S/C21H16N3O/c1-13-8-9-15-16-12-14-6-3-4-7-17(14)23-21(16)25-19(15)18(13)20-22-10-5-11-24(20)2/h3-12H,1-2H3/q+1. The molecule has 0 atom stereocenters. The first kappa shape index (κ1) is 14.1. The molecule has 0 spiro atoms. The van der Waals surface area contributed by atoms with Gasteiger partial charge in [0.1, 0.15) is 11.8 Å². The molecule has 4 heteroatoms. The van der Waals surface area contributed by atoms with Crippen molar-refractivity contribution in [1.29, 1.82) is 0 Å². The van der Waals surface area contributed by atoms with Gasteiger partial charge in [-0.3, -0.25) is 0 Å². The van der Waals surface area contributed by atoms with Crippen molar-refractivity contribution in [1.82, 2.24) is 9.97 Å². The van der Waals surface area contributed by atoms with Gasteiger partial charge in [-0.2, -0.15) is 0 Å². The van der Waals surface area contributed by atoms with Crippen molar-refractivity contribution in [3.05, 3.63) is 66.5 Å². The minimum Gasteiger partial charge on any atom is -0.437 e. The highest BCUT2D eigenvalue weighted by Crippen LogP contribution is 2.36. The Hall–Kier alpha value is -3.27. The van der Waals surface area contributed by atoms with Gasteiger partial charge in [0, 0.05) is 22.2 Å². The van der Waals surface area contributed by atoms with Gasteiger partial charge in [-0.15, -0.1) is 0 Å². The number of aryl methyl sites for hydroxylation is 2. The van der Waals surface area contributed by atoms with Crippen LogP contribution in [0.5, 0.6) is 0 Å². The highest BCUT2D eigenvalue weighted by molar-refractivity contribution is 6.11. The molecule has 2 aromatic carbocycles. The van der Waals surface area contributed by atoms with Crippen LogP contribution in [-0.2, 0) is 7.05 Å². The molecule has 120 valence electrons. The first-order valence-corrected chi connectivity index (χ1v) is 8.25. The third-order valence-electron chi connectivity index (χ3n) is 4.69. The van der Waals surface area contributed by atoms with Gasteiger partial charge in [-0.1, -0.05) is 30.3 Å². The topological polar surface area (TPSA) is 42.8 Å². The van der Waals surface area contributed by atoms with E-state index in [1.54, 1.807) is 0 Å². The van der Waals surface area contributed by atoms with Gasteiger partial charge < -0.3 is 4.42 Å². The molecule has 0 radical (unpaired) electrons. The van der Waals surface area contributed by atoms with E-state index < -0.39 is 0 Å². The Balaban J connectivity index is 1.94. The fraction of sp³-hybridized carbons (Fsp3) is 0.0952. The zero-order valence-electron chi connectivity index (χ0n) is 14.0. The van der Waals surface area contributed by atoms with E-state index in [0.717, 1.165) is 44.2 Å². The normalized spacial score (nSPS) is 11.6. The van der Waals surface area contributed by atoms with E-state index in [-0.39, 0.29) is 0 Å². The van der Waals surface area contributed by atoms with Crippen LogP contribution in [0, 0.1) is 6.92 Å². The second-order valence-electron chi connectivity index (χ2n) is 6.32. The Kier molecular flexibility index (Phi) is 2.88. The Labute approximate surface area is 144 Å². The van der Waals surface area contributed by atoms with E-state index in [1.165, 1.54) is 0 Å². The lowest BCUT2D eigenvalue weighted by atomic mass is 10.0. The summed E-state index contributed by atoms with van der Waals surface area (Å²) >= 11 is 0. The predicted octanol–water partition coefficient (Wildman–Crippen LogP) is 4.33. The molecule has 5 aromatic rings. The summed E-state index contributed by atoms with van der Waals surface area (Å²) in [6.45, 7) is 2.08. The highest BCUT2D eigenvalue weighted by Gasteiger charge is 2.22. The number of furan rings is 1. The van der Waals surface area contributed by atoms with Crippen LogP contribution >= 0.6 is 0 Å². The molecule has 0 aliphatic rings. The van der Waals surface area contributed by atoms with Crippen LogP contribution in [0.4, 0.5) is 0 Å². The molecule has 3 aromatic heterocycles. The molecular weight excluding hydrogens is 310 g/mol. The molecule has 0 saturated carbocycles. The molecule has 4 nitrogen and oxygen atoms in total. The molecule has 0 aliphatic carbocycles. The van der Waals surface area contributed by atoms with E-state index in [0.29, 0.717) is 5.71 Å². The van der Waals surface area contributed by atoms with Crippen LogP contribution < -0.4 is 4.57 Å². The Morgan fingerprint density at radius 1 is 1.00 bits per heavy atom. The van der Waals surface area contributed by atoms with Crippen molar-refractivity contribution in [2.75, 3.05) is 0 Å². The lowest BCUT2D eigenvalue weighted by molar-refractivity contribution is -0.663. The molecule has 0 unspecified atom stereocenters. The zero-order chi connectivity index (χ0) is 17.0. The molecule has 3 heterocycles. The number of nitrogens with zero attached hydrogens (tertiary/aromatic N) is 3. The number of para-hydroxylation sites is 1. The quantitative estimate of drug-likeness (QED) is 0.431. The average Bonchev–Trinajstić information content (AvgIpc) is 2.98. The van der Waals surface area contributed by atoms with Gasteiger partial charge in [-0.05, 0) is 29.6 Å². The summed E-state index contributed by atoms with van der Waals surface area (Å²) in [6.07, 6.45) is 3.80. The van der Waals surface area contributed by atoms with Crippen molar-refractivity contribution in [3.8, 4) is 11.4 Å². The van der Waals surface area contributed by atoms with Crippen LogP contribution in [0.15, 0.2) is 65.3 Å². The Morgan fingerprint density at radius 2 is 1.88 bits per heavy atom. The van der Waals surface area contributed by atoms with E-state index in [9.17, 15) is 0 Å². The van der Waals surface area contributed by atoms with Crippen molar-refractivity contribution in [2.24, 2.45) is 7.05 Å². The molecule has 0 amide bonds. The van der Waals surface area contributed by atoms with E-state index in [4.69, 9.17) is 9.40 Å². The average molecular weight is 326 g/mol. The maximum absolute atomic E-state index is 6.22. The lowest BCUT2D eigenvalue weighted by Gasteiger charge is -2.03. The summed E-state index contributed by atoms with van der Waals surface area (Å²) in [5.41, 5.74) is 4.59. The maximum Gasteiger partial charge on any atom is 0.334 e. The van der Waals surface area contributed by atoms with Gasteiger partial charge in [0.15, 0.2) is 5.58 Å². The number of fused-ring (bicyclic) bond motifs is 4. The van der Waals surface area contributed by atoms with E-state index >= 15 is 0 Å². The number of rotatable bonds is 1. The van der Waals surface area contributed by atoms with Gasteiger partial charge in [-0.25, -0.2) is 9.55 Å². The van der Waals surface area contributed by atoms with Crippen LogP contribution in [0.3, 0.4) is 0 Å². The summed E-state index contributed by atoms with van der Waals surface area (Å²) < 4.78 is 8.23. The second kappa shape index (κ2) is 5.11. The molecule has 0 N–H and O–H groups in total. The van der Waals surface area contributed by atoms with Crippen LogP contribution in [-0.4, -0.2) is 9.97 Å². The first-order chi connectivity index (χ1) is 12.2. The minimum absolute atomic E-state index is 0.666. The third kappa shape index (κ3) is 2.04. The molecule has 0 aliphatic heterocycles. The first-order valence-electron chi connectivity index (χ1n) is 8.25. The fourth-order valence-electron chi connectivity index (χ4n) is 3.43. The minimum atomic E-state index is 0.666. The summed E-state index contributed by atoms with van der Waals surface area (Å²) in [7, 11) is 2.00. The number of pyridine rings is 1. The summed E-state index contributed by atoms with van der Waals surface area (Å²) in [6, 6.07) is 16.4. The molecule has 0 bridgehead atoms. The SMILES string of the molecule is Cc1ccc2c(oc3nc4ccccc4cc32)c1-c1nccc[n+]1C. The number of hydrogen-bond donors (Lipinski definition) is 0. The monoisotopic (exact) mass is 326 g/mol. The van der Waals surface area contributed by atoms with Gasteiger partial charge >= 0.3 is 5.82 Å². The van der Waals surface area contributed by atoms with Crippen molar-refractivity contribution in [2.45, 2.75) is 6.92 Å². The summed E-state index contributed by atoms with van der Waals surface area (Å²) in [5.74, 6) is 0.884.